The molecule has 0 unspecified atom stereocenters. The molecule has 3 rings (SSSR count). The molecule has 0 amide bonds. The number of rotatable bonds is 2. The highest BCUT2D eigenvalue weighted by Crippen LogP contribution is 2.33. The van der Waals surface area contributed by atoms with Gasteiger partial charge in [-0.05, 0) is 65.9 Å². The predicted molar refractivity (Wildman–Crippen MR) is 91.7 cm³/mol. The van der Waals surface area contributed by atoms with Crippen molar-refractivity contribution in [2.24, 2.45) is 0 Å². The van der Waals surface area contributed by atoms with Crippen LogP contribution in [0, 0.1) is 19.7 Å². The summed E-state index contributed by atoms with van der Waals surface area (Å²) in [4.78, 5) is 0. The molecule has 0 bridgehead atoms. The van der Waals surface area contributed by atoms with Crippen molar-refractivity contribution < 1.29 is 17.6 Å². The fraction of sp³-hybridized carbons (Fsp3) is 0.143. The highest BCUT2D eigenvalue weighted by Gasteiger charge is 2.30. The lowest BCUT2D eigenvalue weighted by molar-refractivity contribution is -0.137. The van der Waals surface area contributed by atoms with Gasteiger partial charge in [0, 0.05) is 5.56 Å². The zero-order valence-electron chi connectivity index (χ0n) is 13.8. The molecule has 128 valence electrons. The first-order chi connectivity index (χ1) is 11.8. The number of benzene rings is 3. The first-order valence-electron chi connectivity index (χ1n) is 7.80. The van der Waals surface area contributed by atoms with Crippen LogP contribution in [0.1, 0.15) is 16.7 Å². The van der Waals surface area contributed by atoms with Crippen LogP contribution in [0.15, 0.2) is 60.7 Å². The van der Waals surface area contributed by atoms with E-state index in [-0.39, 0.29) is 5.56 Å². The van der Waals surface area contributed by atoms with Crippen LogP contribution >= 0.6 is 0 Å². The highest BCUT2D eigenvalue weighted by atomic mass is 19.4. The third kappa shape index (κ3) is 3.58. The van der Waals surface area contributed by atoms with E-state index >= 15 is 0 Å². The van der Waals surface area contributed by atoms with Gasteiger partial charge in [0.1, 0.15) is 5.82 Å². The van der Waals surface area contributed by atoms with E-state index < -0.39 is 17.6 Å². The van der Waals surface area contributed by atoms with Gasteiger partial charge in [-0.25, -0.2) is 4.39 Å². The minimum Gasteiger partial charge on any atom is -0.206 e. The van der Waals surface area contributed by atoms with Gasteiger partial charge in [-0.3, -0.25) is 0 Å². The summed E-state index contributed by atoms with van der Waals surface area (Å²) < 4.78 is 52.3. The van der Waals surface area contributed by atoms with Crippen LogP contribution in [0.3, 0.4) is 0 Å². The van der Waals surface area contributed by atoms with Gasteiger partial charge in [0.25, 0.3) is 0 Å². The van der Waals surface area contributed by atoms with Gasteiger partial charge >= 0.3 is 6.18 Å². The first kappa shape index (κ1) is 17.2. The molecule has 0 heterocycles. The van der Waals surface area contributed by atoms with Crippen LogP contribution in [0.25, 0.3) is 22.3 Å². The Morgan fingerprint density at radius 1 is 0.640 bits per heavy atom. The molecule has 0 N–H and O–H groups in total. The SMILES string of the molecule is Cc1ccc(-c2ccc(F)c(-c3ccc(C(F)(F)F)cc3)c2)cc1C. The minimum atomic E-state index is -4.40. The van der Waals surface area contributed by atoms with Crippen LogP contribution in [-0.4, -0.2) is 0 Å². The molecule has 3 aromatic rings. The van der Waals surface area contributed by atoms with E-state index in [1.165, 1.54) is 18.2 Å². The van der Waals surface area contributed by atoms with Crippen LogP contribution in [-0.2, 0) is 6.18 Å². The Kier molecular flexibility index (Phi) is 4.38. The molecule has 0 atom stereocenters. The van der Waals surface area contributed by atoms with E-state index in [2.05, 4.69) is 0 Å². The molecule has 0 fully saturated rings. The molecule has 0 aliphatic heterocycles. The molecule has 3 aromatic carbocycles. The van der Waals surface area contributed by atoms with Gasteiger partial charge in [-0.2, -0.15) is 13.2 Å². The molecule has 0 saturated heterocycles. The first-order valence-corrected chi connectivity index (χ1v) is 7.80. The topological polar surface area (TPSA) is 0 Å². The molecule has 0 nitrogen and oxygen atoms in total. The fourth-order valence-electron chi connectivity index (χ4n) is 2.69. The second kappa shape index (κ2) is 6.36. The fourth-order valence-corrected chi connectivity index (χ4v) is 2.69. The monoisotopic (exact) mass is 344 g/mol. The van der Waals surface area contributed by atoms with Gasteiger partial charge in [-0.1, -0.05) is 36.4 Å². The molecular weight excluding hydrogens is 328 g/mol. The molecule has 0 spiro atoms. The van der Waals surface area contributed by atoms with Gasteiger partial charge in [-0.15, -0.1) is 0 Å². The zero-order valence-corrected chi connectivity index (χ0v) is 13.8. The molecular formula is C21H16F4. The number of alkyl halides is 3. The van der Waals surface area contributed by atoms with E-state index in [1.54, 1.807) is 12.1 Å². The summed E-state index contributed by atoms with van der Waals surface area (Å²) in [6.45, 7) is 4.01. The van der Waals surface area contributed by atoms with Crippen molar-refractivity contribution in [1.29, 1.82) is 0 Å². The highest BCUT2D eigenvalue weighted by molar-refractivity contribution is 5.74. The number of hydrogen-bond donors (Lipinski definition) is 0. The Labute approximate surface area is 143 Å². The number of halogens is 4. The largest absolute Gasteiger partial charge is 0.416 e. The van der Waals surface area contributed by atoms with Crippen LogP contribution in [0.5, 0.6) is 0 Å². The molecule has 25 heavy (non-hydrogen) atoms. The maximum atomic E-state index is 14.2. The van der Waals surface area contributed by atoms with Crippen molar-refractivity contribution in [3.8, 4) is 22.3 Å². The van der Waals surface area contributed by atoms with E-state index in [0.29, 0.717) is 5.56 Å². The minimum absolute atomic E-state index is 0.282. The van der Waals surface area contributed by atoms with E-state index in [4.69, 9.17) is 0 Å². The number of hydrogen-bond acceptors (Lipinski definition) is 0. The Morgan fingerprint density at radius 3 is 1.80 bits per heavy atom. The maximum Gasteiger partial charge on any atom is 0.416 e. The second-order valence-corrected chi connectivity index (χ2v) is 6.07. The summed E-state index contributed by atoms with van der Waals surface area (Å²) in [6.07, 6.45) is -4.40. The van der Waals surface area contributed by atoms with Crippen molar-refractivity contribution in [2.75, 3.05) is 0 Å². The Hall–Kier alpha value is -2.62. The van der Waals surface area contributed by atoms with Crippen LogP contribution < -0.4 is 0 Å². The standard InChI is InChI=1S/C21H16F4/c1-13-3-4-16(11-14(13)2)17-7-10-20(22)19(12-17)15-5-8-18(9-6-15)21(23,24)25/h3-12H,1-2H3. The average molecular weight is 344 g/mol. The smallest absolute Gasteiger partial charge is 0.206 e. The number of aryl methyl sites for hydroxylation is 2. The normalized spacial score (nSPS) is 11.6. The van der Waals surface area contributed by atoms with Gasteiger partial charge in [0.2, 0.25) is 0 Å². The Bertz CT molecular complexity index is 906. The van der Waals surface area contributed by atoms with E-state index in [9.17, 15) is 17.6 Å². The summed E-state index contributed by atoms with van der Waals surface area (Å²) >= 11 is 0. The van der Waals surface area contributed by atoms with Gasteiger partial charge in [0.05, 0.1) is 5.56 Å². The zero-order chi connectivity index (χ0) is 18.2. The lowest BCUT2D eigenvalue weighted by Crippen LogP contribution is -2.04. The van der Waals surface area contributed by atoms with Crippen LogP contribution in [0.4, 0.5) is 17.6 Å². The maximum absolute atomic E-state index is 14.2. The van der Waals surface area contributed by atoms with Crippen molar-refractivity contribution in [3.63, 3.8) is 0 Å². The summed E-state index contributed by atoms with van der Waals surface area (Å²) in [5, 5.41) is 0. The molecule has 4 heteroatoms. The predicted octanol–water partition coefficient (Wildman–Crippen LogP) is 6.80. The lowest BCUT2D eigenvalue weighted by Gasteiger charge is -2.11. The summed E-state index contributed by atoms with van der Waals surface area (Å²) in [5.41, 5.74) is 3.99. The summed E-state index contributed by atoms with van der Waals surface area (Å²) in [7, 11) is 0. The Morgan fingerprint density at radius 2 is 1.20 bits per heavy atom. The van der Waals surface area contributed by atoms with Crippen molar-refractivity contribution in [2.45, 2.75) is 20.0 Å². The van der Waals surface area contributed by atoms with Gasteiger partial charge in [0.15, 0.2) is 0 Å². The second-order valence-electron chi connectivity index (χ2n) is 6.07. The average Bonchev–Trinajstić information content (AvgIpc) is 2.57. The van der Waals surface area contributed by atoms with Crippen molar-refractivity contribution >= 4 is 0 Å². The molecule has 0 radical (unpaired) electrons. The van der Waals surface area contributed by atoms with E-state index in [0.717, 1.165) is 34.4 Å². The van der Waals surface area contributed by atoms with Crippen LogP contribution in [0.2, 0.25) is 0 Å². The summed E-state index contributed by atoms with van der Waals surface area (Å²) in [5.74, 6) is -0.465. The van der Waals surface area contributed by atoms with Crippen molar-refractivity contribution in [1.82, 2.24) is 0 Å². The lowest BCUT2D eigenvalue weighted by atomic mass is 9.96. The molecule has 0 saturated carbocycles. The molecule has 0 aliphatic carbocycles. The van der Waals surface area contributed by atoms with Gasteiger partial charge < -0.3 is 0 Å². The Balaban J connectivity index is 2.03. The quantitative estimate of drug-likeness (QED) is 0.449. The van der Waals surface area contributed by atoms with E-state index in [1.807, 2.05) is 32.0 Å². The molecule has 0 aliphatic rings. The third-order valence-electron chi connectivity index (χ3n) is 4.33. The summed E-state index contributed by atoms with van der Waals surface area (Å²) in [6, 6.07) is 15.2. The van der Waals surface area contributed by atoms with Crippen molar-refractivity contribution in [3.05, 3.63) is 83.2 Å². The molecule has 0 aromatic heterocycles. The third-order valence-corrected chi connectivity index (χ3v) is 4.33.